The smallest absolute Gasteiger partial charge is 0.210 e. The largest absolute Gasteiger partial charge is 0.245 e. The summed E-state index contributed by atoms with van der Waals surface area (Å²) in [6.07, 6.45) is -0.942. The molecule has 5 rings (SSSR count). The van der Waals surface area contributed by atoms with Crippen LogP contribution in [0, 0.1) is 0 Å². The highest BCUT2D eigenvalue weighted by atomic mass is 19.3. The highest BCUT2D eigenvalue weighted by Crippen LogP contribution is 2.45. The van der Waals surface area contributed by atoms with Crippen molar-refractivity contribution in [3.63, 3.8) is 0 Å². The second kappa shape index (κ2) is 4.16. The number of hydrogen-bond acceptors (Lipinski definition) is 0. The molecule has 4 aromatic carbocycles. The molecular weight excluding hydrogens is 278 g/mol. The number of halogens is 2. The molecule has 2 heteroatoms. The monoisotopic (exact) mass is 292 g/mol. The summed E-state index contributed by atoms with van der Waals surface area (Å²) >= 11 is 0. The van der Waals surface area contributed by atoms with Crippen molar-refractivity contribution in [3.05, 3.63) is 59.7 Å². The van der Waals surface area contributed by atoms with Gasteiger partial charge in [-0.2, -0.15) is 0 Å². The molecule has 0 amide bonds. The number of benzene rings is 4. The van der Waals surface area contributed by atoms with E-state index in [1.54, 1.807) is 0 Å². The topological polar surface area (TPSA) is 0 Å². The molecular formula is C20H14F2. The second-order valence-corrected chi connectivity index (χ2v) is 6.28. The molecule has 0 aliphatic heterocycles. The van der Waals surface area contributed by atoms with E-state index in [0.29, 0.717) is 6.42 Å². The van der Waals surface area contributed by atoms with Crippen LogP contribution < -0.4 is 0 Å². The molecule has 0 bridgehead atoms. The number of rotatable bonds is 1. The second-order valence-electron chi connectivity index (χ2n) is 6.28. The fourth-order valence-electron chi connectivity index (χ4n) is 4.22. The minimum atomic E-state index is -2.27. The van der Waals surface area contributed by atoms with Gasteiger partial charge in [-0.3, -0.25) is 0 Å². The first-order chi connectivity index (χ1) is 10.7. The van der Waals surface area contributed by atoms with Gasteiger partial charge in [0, 0.05) is 5.92 Å². The van der Waals surface area contributed by atoms with Crippen LogP contribution in [-0.2, 0) is 6.42 Å². The van der Waals surface area contributed by atoms with E-state index in [1.807, 2.05) is 6.07 Å². The highest BCUT2D eigenvalue weighted by Gasteiger charge is 2.31. The van der Waals surface area contributed by atoms with Crippen molar-refractivity contribution in [3.8, 4) is 0 Å². The van der Waals surface area contributed by atoms with Crippen LogP contribution in [0.3, 0.4) is 0 Å². The fraction of sp³-hybridized carbons (Fsp3) is 0.200. The van der Waals surface area contributed by atoms with Gasteiger partial charge < -0.3 is 0 Å². The minimum absolute atomic E-state index is 0.564. The van der Waals surface area contributed by atoms with Crippen molar-refractivity contribution in [2.24, 2.45) is 0 Å². The lowest BCUT2D eigenvalue weighted by molar-refractivity contribution is 0.114. The van der Waals surface area contributed by atoms with E-state index in [2.05, 4.69) is 42.5 Å². The molecule has 0 radical (unpaired) electrons. The standard InChI is InChI=1S/C20H14F2/c21-20(22)16-9-8-14-15-7-6-12-3-1-2-11-4-5-13(10-17(14)16)19(15)18(11)12/h1-7,10,16,20H,8-9H2. The summed E-state index contributed by atoms with van der Waals surface area (Å²) in [5, 5.41) is 7.20. The maximum atomic E-state index is 13.3. The van der Waals surface area contributed by atoms with Gasteiger partial charge in [0.25, 0.3) is 0 Å². The Balaban J connectivity index is 1.99. The Labute approximate surface area is 126 Å². The van der Waals surface area contributed by atoms with Crippen LogP contribution in [-0.4, -0.2) is 6.43 Å². The van der Waals surface area contributed by atoms with Crippen LogP contribution in [0.15, 0.2) is 48.5 Å². The van der Waals surface area contributed by atoms with Crippen molar-refractivity contribution in [2.45, 2.75) is 25.2 Å². The molecule has 1 atom stereocenters. The summed E-state index contributed by atoms with van der Waals surface area (Å²) in [4.78, 5) is 0. The van der Waals surface area contributed by atoms with Gasteiger partial charge in [-0.15, -0.1) is 0 Å². The lowest BCUT2D eigenvalue weighted by atomic mass is 9.89. The molecule has 108 valence electrons. The van der Waals surface area contributed by atoms with E-state index < -0.39 is 12.3 Å². The Morgan fingerprint density at radius 1 is 0.864 bits per heavy atom. The highest BCUT2D eigenvalue weighted by molar-refractivity contribution is 6.23. The summed E-state index contributed by atoms with van der Waals surface area (Å²) in [6.45, 7) is 0. The normalized spacial score (nSPS) is 18.0. The molecule has 0 saturated heterocycles. The molecule has 0 nitrogen and oxygen atoms in total. The minimum Gasteiger partial charge on any atom is -0.210 e. The van der Waals surface area contributed by atoms with Crippen molar-refractivity contribution < 1.29 is 8.78 Å². The maximum Gasteiger partial charge on any atom is 0.245 e. The van der Waals surface area contributed by atoms with Gasteiger partial charge in [0.2, 0.25) is 6.43 Å². The van der Waals surface area contributed by atoms with Gasteiger partial charge in [0.05, 0.1) is 0 Å². The molecule has 1 unspecified atom stereocenters. The summed E-state index contributed by atoms with van der Waals surface area (Å²) < 4.78 is 26.6. The van der Waals surface area contributed by atoms with Crippen LogP contribution in [0.4, 0.5) is 8.78 Å². The predicted molar refractivity (Wildman–Crippen MR) is 87.2 cm³/mol. The van der Waals surface area contributed by atoms with Gasteiger partial charge in [0.1, 0.15) is 0 Å². The van der Waals surface area contributed by atoms with Gasteiger partial charge >= 0.3 is 0 Å². The SMILES string of the molecule is FC(F)C1CCc2c1cc1ccc3cccc4ccc2c1c34. The van der Waals surface area contributed by atoms with Gasteiger partial charge in [-0.1, -0.05) is 48.5 Å². The van der Waals surface area contributed by atoms with E-state index in [0.717, 1.165) is 22.9 Å². The Morgan fingerprint density at radius 2 is 1.59 bits per heavy atom. The molecule has 1 aliphatic rings. The molecule has 0 heterocycles. The number of hydrogen-bond donors (Lipinski definition) is 0. The Kier molecular flexibility index (Phi) is 2.33. The Morgan fingerprint density at radius 3 is 2.36 bits per heavy atom. The van der Waals surface area contributed by atoms with E-state index in [1.165, 1.54) is 26.9 Å². The Hall–Kier alpha value is -2.22. The van der Waals surface area contributed by atoms with Crippen molar-refractivity contribution in [2.75, 3.05) is 0 Å². The molecule has 0 spiro atoms. The molecule has 0 saturated carbocycles. The van der Waals surface area contributed by atoms with E-state index in [4.69, 9.17) is 0 Å². The first kappa shape index (κ1) is 12.3. The molecule has 4 aromatic rings. The number of alkyl halides is 2. The summed E-state index contributed by atoms with van der Waals surface area (Å²) in [6, 6.07) is 16.7. The third kappa shape index (κ3) is 1.45. The zero-order valence-electron chi connectivity index (χ0n) is 11.9. The third-order valence-corrected chi connectivity index (χ3v) is 5.20. The van der Waals surface area contributed by atoms with Crippen LogP contribution in [0.25, 0.3) is 32.3 Å². The van der Waals surface area contributed by atoms with Crippen LogP contribution in [0.5, 0.6) is 0 Å². The molecule has 0 N–H and O–H groups in total. The zero-order chi connectivity index (χ0) is 14.8. The zero-order valence-corrected chi connectivity index (χ0v) is 11.9. The van der Waals surface area contributed by atoms with Crippen LogP contribution in [0.2, 0.25) is 0 Å². The van der Waals surface area contributed by atoms with Crippen LogP contribution in [0.1, 0.15) is 23.5 Å². The maximum absolute atomic E-state index is 13.3. The third-order valence-electron chi connectivity index (χ3n) is 5.20. The molecule has 0 fully saturated rings. The fourth-order valence-corrected chi connectivity index (χ4v) is 4.22. The number of fused-ring (bicyclic) bond motifs is 2. The Bertz CT molecular complexity index is 1000. The lowest BCUT2D eigenvalue weighted by Gasteiger charge is -2.16. The molecule has 0 aromatic heterocycles. The van der Waals surface area contributed by atoms with Gasteiger partial charge in [0.15, 0.2) is 0 Å². The van der Waals surface area contributed by atoms with E-state index in [-0.39, 0.29) is 0 Å². The number of aryl methyl sites for hydroxylation is 1. The van der Waals surface area contributed by atoms with Crippen molar-refractivity contribution in [1.82, 2.24) is 0 Å². The lowest BCUT2D eigenvalue weighted by Crippen LogP contribution is -2.05. The predicted octanol–water partition coefficient (Wildman–Crippen LogP) is 5.88. The van der Waals surface area contributed by atoms with Crippen LogP contribution >= 0.6 is 0 Å². The van der Waals surface area contributed by atoms with E-state index >= 15 is 0 Å². The van der Waals surface area contributed by atoms with Gasteiger partial charge in [-0.05, 0) is 56.3 Å². The molecule has 22 heavy (non-hydrogen) atoms. The average molecular weight is 292 g/mol. The average Bonchev–Trinajstić information content (AvgIpc) is 2.96. The molecule has 1 aliphatic carbocycles. The summed E-state index contributed by atoms with van der Waals surface area (Å²) in [7, 11) is 0. The first-order valence-corrected chi connectivity index (χ1v) is 7.71. The van der Waals surface area contributed by atoms with E-state index in [9.17, 15) is 8.78 Å². The first-order valence-electron chi connectivity index (χ1n) is 7.71. The summed E-state index contributed by atoms with van der Waals surface area (Å²) in [5.74, 6) is -0.600. The van der Waals surface area contributed by atoms with Crippen molar-refractivity contribution >= 4 is 32.3 Å². The summed E-state index contributed by atoms with van der Waals surface area (Å²) in [5.41, 5.74) is 2.00. The quantitative estimate of drug-likeness (QED) is 0.384. The van der Waals surface area contributed by atoms with Gasteiger partial charge in [-0.25, -0.2) is 8.78 Å². The van der Waals surface area contributed by atoms with Crippen molar-refractivity contribution in [1.29, 1.82) is 0 Å².